The summed E-state index contributed by atoms with van der Waals surface area (Å²) in [7, 11) is -3.77. The first-order chi connectivity index (χ1) is 22.7. The molecule has 7 heteroatoms. The highest BCUT2D eigenvalue weighted by molar-refractivity contribution is 7.91. The molecule has 6 nitrogen and oxygen atoms in total. The van der Waals surface area contributed by atoms with Gasteiger partial charge in [-0.15, -0.1) is 0 Å². The average molecular weight is 637 g/mol. The number of benzene rings is 6. The van der Waals surface area contributed by atoms with Crippen LogP contribution in [0.15, 0.2) is 155 Å². The van der Waals surface area contributed by atoms with Crippen molar-refractivity contribution in [3.8, 4) is 22.3 Å². The van der Waals surface area contributed by atoms with Crippen LogP contribution < -0.4 is 10.6 Å². The lowest BCUT2D eigenvalue weighted by Crippen LogP contribution is -2.11. The molecule has 6 aromatic carbocycles. The Morgan fingerprint density at radius 2 is 0.809 bits per heavy atom. The van der Waals surface area contributed by atoms with Gasteiger partial charge in [-0.1, -0.05) is 83.9 Å². The van der Waals surface area contributed by atoms with Crippen molar-refractivity contribution in [2.75, 3.05) is 10.6 Å². The van der Waals surface area contributed by atoms with Gasteiger partial charge in [-0.05, 0) is 109 Å². The van der Waals surface area contributed by atoms with Gasteiger partial charge in [-0.25, -0.2) is 8.42 Å². The molecular weight excluding hydrogens is 605 g/mol. The summed E-state index contributed by atoms with van der Waals surface area (Å²) >= 11 is 0. The first kappa shape index (κ1) is 31.2. The number of carbonyl (C=O) groups is 2. The van der Waals surface area contributed by atoms with Crippen LogP contribution in [0.2, 0.25) is 0 Å². The maximum atomic E-state index is 13.5. The van der Waals surface area contributed by atoms with E-state index >= 15 is 0 Å². The normalized spacial score (nSPS) is 11.1. The Labute approximate surface area is 274 Å². The number of carbonyl (C=O) groups excluding carboxylic acids is 2. The molecule has 232 valence electrons. The molecule has 0 heterocycles. The van der Waals surface area contributed by atoms with Gasteiger partial charge < -0.3 is 10.6 Å². The zero-order chi connectivity index (χ0) is 33.0. The second kappa shape index (κ2) is 13.3. The van der Waals surface area contributed by atoms with Crippen molar-refractivity contribution in [1.29, 1.82) is 0 Å². The lowest BCUT2D eigenvalue weighted by Gasteiger charge is -2.10. The molecule has 47 heavy (non-hydrogen) atoms. The molecule has 0 bridgehead atoms. The zero-order valence-corrected chi connectivity index (χ0v) is 26.7. The van der Waals surface area contributed by atoms with Crippen molar-refractivity contribution in [3.63, 3.8) is 0 Å². The standard InChI is InChI=1S/C40H32N2O4S/c1-27-9-13-31(14-10-27)39(43)41-35-7-3-5-33(25-35)29-17-21-37(22-18-29)47(45,46)38-23-19-30(20-24-38)34-6-4-8-36(26-34)42-40(44)32-15-11-28(2)12-16-32/h3-26H,1-2H3,(H,41,43)(H,42,44). The van der Waals surface area contributed by atoms with Gasteiger partial charge in [-0.2, -0.15) is 0 Å². The molecule has 0 spiro atoms. The minimum absolute atomic E-state index is 0.179. The fourth-order valence-corrected chi connectivity index (χ4v) is 6.42. The number of hydrogen-bond donors (Lipinski definition) is 2. The van der Waals surface area contributed by atoms with E-state index in [0.29, 0.717) is 22.5 Å². The second-order valence-electron chi connectivity index (χ2n) is 11.4. The number of anilines is 2. The van der Waals surface area contributed by atoms with Crippen LogP contribution in [0, 0.1) is 13.8 Å². The Morgan fingerprint density at radius 1 is 0.447 bits per heavy atom. The Balaban J connectivity index is 1.14. The van der Waals surface area contributed by atoms with E-state index in [1.54, 1.807) is 72.8 Å². The Bertz CT molecular complexity index is 2020. The molecule has 0 unspecified atom stereocenters. The Hall–Kier alpha value is -5.79. The van der Waals surface area contributed by atoms with Crippen molar-refractivity contribution >= 4 is 33.0 Å². The molecule has 0 radical (unpaired) electrons. The van der Waals surface area contributed by atoms with Crippen molar-refractivity contribution < 1.29 is 18.0 Å². The highest BCUT2D eigenvalue weighted by Gasteiger charge is 2.18. The maximum Gasteiger partial charge on any atom is 0.255 e. The highest BCUT2D eigenvalue weighted by Crippen LogP contribution is 2.29. The van der Waals surface area contributed by atoms with E-state index in [1.165, 1.54) is 0 Å². The van der Waals surface area contributed by atoms with Gasteiger partial charge in [-0.3, -0.25) is 9.59 Å². The smallest absolute Gasteiger partial charge is 0.255 e. The molecule has 0 fully saturated rings. The zero-order valence-electron chi connectivity index (χ0n) is 25.9. The van der Waals surface area contributed by atoms with E-state index < -0.39 is 9.84 Å². The van der Waals surface area contributed by atoms with E-state index in [4.69, 9.17) is 0 Å². The van der Waals surface area contributed by atoms with E-state index in [9.17, 15) is 18.0 Å². The van der Waals surface area contributed by atoms with Gasteiger partial charge in [0.15, 0.2) is 0 Å². The number of hydrogen-bond acceptors (Lipinski definition) is 4. The van der Waals surface area contributed by atoms with E-state index in [1.807, 2.05) is 86.6 Å². The van der Waals surface area contributed by atoms with Crippen LogP contribution in [0.4, 0.5) is 11.4 Å². The van der Waals surface area contributed by atoms with Crippen LogP contribution in [0.3, 0.4) is 0 Å². The van der Waals surface area contributed by atoms with E-state index in [0.717, 1.165) is 33.4 Å². The number of amides is 2. The maximum absolute atomic E-state index is 13.5. The van der Waals surface area contributed by atoms with Gasteiger partial charge in [0, 0.05) is 22.5 Å². The number of aryl methyl sites for hydroxylation is 2. The van der Waals surface area contributed by atoms with Crippen LogP contribution in [-0.4, -0.2) is 20.2 Å². The summed E-state index contributed by atoms with van der Waals surface area (Å²) in [6.45, 7) is 3.94. The van der Waals surface area contributed by atoms with Crippen LogP contribution in [0.1, 0.15) is 31.8 Å². The van der Waals surface area contributed by atoms with Crippen molar-refractivity contribution in [2.24, 2.45) is 0 Å². The predicted molar refractivity (Wildman–Crippen MR) is 187 cm³/mol. The number of sulfone groups is 1. The molecule has 0 aliphatic rings. The summed E-state index contributed by atoms with van der Waals surface area (Å²) in [5, 5.41) is 5.86. The third kappa shape index (κ3) is 7.21. The monoisotopic (exact) mass is 636 g/mol. The molecule has 0 aromatic heterocycles. The minimum Gasteiger partial charge on any atom is -0.322 e. The topological polar surface area (TPSA) is 92.3 Å². The van der Waals surface area contributed by atoms with E-state index in [2.05, 4.69) is 10.6 Å². The summed E-state index contributed by atoms with van der Waals surface area (Å²) in [5.41, 5.74) is 7.91. The quantitative estimate of drug-likeness (QED) is 0.174. The molecule has 0 aliphatic carbocycles. The van der Waals surface area contributed by atoms with Gasteiger partial charge in [0.05, 0.1) is 9.79 Å². The summed E-state index contributed by atoms with van der Waals surface area (Å²) in [6, 6.07) is 43.0. The SMILES string of the molecule is Cc1ccc(C(=O)Nc2cccc(-c3ccc(S(=O)(=O)c4ccc(-c5cccc(NC(=O)c6ccc(C)cc6)c5)cc4)cc3)c2)cc1. The third-order valence-electron chi connectivity index (χ3n) is 7.86. The lowest BCUT2D eigenvalue weighted by molar-refractivity contribution is 0.101. The fraction of sp³-hybridized carbons (Fsp3) is 0.0500. The predicted octanol–water partition coefficient (Wildman–Crippen LogP) is 8.97. The van der Waals surface area contributed by atoms with Gasteiger partial charge >= 0.3 is 0 Å². The average Bonchev–Trinajstić information content (AvgIpc) is 3.09. The number of rotatable bonds is 8. The van der Waals surface area contributed by atoms with Gasteiger partial charge in [0.25, 0.3) is 11.8 Å². The molecular formula is C40H32N2O4S. The summed E-state index contributed by atoms with van der Waals surface area (Å²) in [6.07, 6.45) is 0. The van der Waals surface area contributed by atoms with Crippen molar-refractivity contribution in [3.05, 3.63) is 168 Å². The highest BCUT2D eigenvalue weighted by atomic mass is 32.2. The molecule has 2 amide bonds. The van der Waals surface area contributed by atoms with Gasteiger partial charge in [0.1, 0.15) is 0 Å². The lowest BCUT2D eigenvalue weighted by atomic mass is 10.0. The molecule has 0 aliphatic heterocycles. The molecule has 6 aromatic rings. The third-order valence-corrected chi connectivity index (χ3v) is 9.65. The summed E-state index contributed by atoms with van der Waals surface area (Å²) < 4.78 is 27.0. The van der Waals surface area contributed by atoms with Gasteiger partial charge in [0.2, 0.25) is 9.84 Å². The van der Waals surface area contributed by atoms with Crippen LogP contribution in [-0.2, 0) is 9.84 Å². The van der Waals surface area contributed by atoms with Crippen molar-refractivity contribution in [2.45, 2.75) is 23.6 Å². The first-order valence-electron chi connectivity index (χ1n) is 15.1. The Kier molecular flexibility index (Phi) is 8.82. The molecule has 0 saturated heterocycles. The molecule has 6 rings (SSSR count). The Morgan fingerprint density at radius 3 is 1.17 bits per heavy atom. The molecule has 2 N–H and O–H groups in total. The van der Waals surface area contributed by atoms with Crippen LogP contribution in [0.25, 0.3) is 22.3 Å². The molecule has 0 atom stereocenters. The second-order valence-corrected chi connectivity index (χ2v) is 13.3. The minimum atomic E-state index is -3.77. The fourth-order valence-electron chi connectivity index (χ4n) is 5.16. The molecule has 0 saturated carbocycles. The van der Waals surface area contributed by atoms with Crippen molar-refractivity contribution in [1.82, 2.24) is 0 Å². The van der Waals surface area contributed by atoms with Crippen LogP contribution >= 0.6 is 0 Å². The first-order valence-corrected chi connectivity index (χ1v) is 16.6. The number of nitrogens with one attached hydrogen (secondary N) is 2. The summed E-state index contributed by atoms with van der Waals surface area (Å²) in [4.78, 5) is 25.7. The van der Waals surface area contributed by atoms with E-state index in [-0.39, 0.29) is 21.6 Å². The van der Waals surface area contributed by atoms with Crippen LogP contribution in [0.5, 0.6) is 0 Å². The largest absolute Gasteiger partial charge is 0.322 e. The summed E-state index contributed by atoms with van der Waals surface area (Å²) in [5.74, 6) is -0.403.